The van der Waals surface area contributed by atoms with Crippen LogP contribution in [-0.4, -0.2) is 40.9 Å². The first-order valence-corrected chi connectivity index (χ1v) is 12.2. The maximum atomic E-state index is 13.0. The van der Waals surface area contributed by atoms with Gasteiger partial charge in [0, 0.05) is 23.8 Å². The van der Waals surface area contributed by atoms with Crippen LogP contribution in [0.1, 0.15) is 49.4 Å². The number of aromatic amines is 1. The first kappa shape index (κ1) is 23.4. The molecule has 0 spiro atoms. The molecule has 0 saturated heterocycles. The number of hydrogen-bond acceptors (Lipinski definition) is 6. The number of nitrogens with one attached hydrogen (secondary N) is 1. The predicted molar refractivity (Wildman–Crippen MR) is 135 cm³/mol. The minimum Gasteiger partial charge on any atom is -0.277 e. The molecule has 5 rings (SSSR count). The third-order valence-electron chi connectivity index (χ3n) is 6.65. The molecule has 1 fully saturated rings. The van der Waals surface area contributed by atoms with Gasteiger partial charge in [0.1, 0.15) is 6.33 Å². The Morgan fingerprint density at radius 1 is 1.06 bits per heavy atom. The molecule has 9 nitrogen and oxygen atoms in total. The number of tetrazole rings is 1. The van der Waals surface area contributed by atoms with Crippen LogP contribution in [0.3, 0.4) is 0 Å². The molecule has 2 heterocycles. The summed E-state index contributed by atoms with van der Waals surface area (Å²) >= 11 is 0. The highest BCUT2D eigenvalue weighted by Gasteiger charge is 2.28. The van der Waals surface area contributed by atoms with Gasteiger partial charge >= 0.3 is 5.69 Å². The Morgan fingerprint density at radius 3 is 2.50 bits per heavy atom. The summed E-state index contributed by atoms with van der Waals surface area (Å²) < 4.78 is 2.50. The molecule has 1 saturated carbocycles. The molecule has 4 aromatic rings. The van der Waals surface area contributed by atoms with Crippen LogP contribution in [0.4, 0.5) is 0 Å². The van der Waals surface area contributed by atoms with Crippen LogP contribution in [-0.2, 0) is 6.54 Å². The van der Waals surface area contributed by atoms with Crippen LogP contribution in [0, 0.1) is 23.7 Å². The molecule has 0 atom stereocenters. The Labute approximate surface area is 208 Å². The van der Waals surface area contributed by atoms with Crippen molar-refractivity contribution in [3.8, 4) is 34.4 Å². The quantitative estimate of drug-likeness (QED) is 0.434. The lowest BCUT2D eigenvalue weighted by Gasteiger charge is -2.23. The van der Waals surface area contributed by atoms with E-state index < -0.39 is 5.69 Å². The van der Waals surface area contributed by atoms with Gasteiger partial charge in [0.2, 0.25) is 0 Å². The average Bonchev–Trinajstić information content (AvgIpc) is 3.58. The van der Waals surface area contributed by atoms with Crippen molar-refractivity contribution in [2.24, 2.45) is 11.8 Å². The predicted octanol–water partition coefficient (Wildman–Crippen LogP) is 3.80. The van der Waals surface area contributed by atoms with Crippen molar-refractivity contribution in [2.75, 3.05) is 0 Å². The minimum atomic E-state index is -0.403. The maximum Gasteiger partial charge on any atom is 0.353 e. The molecule has 2 aromatic heterocycles. The topological polar surface area (TPSA) is 111 Å². The van der Waals surface area contributed by atoms with E-state index in [0.29, 0.717) is 18.3 Å². The number of aromatic nitrogens is 7. The zero-order valence-electron chi connectivity index (χ0n) is 20.1. The molecule has 1 aliphatic rings. The molecule has 0 bridgehead atoms. The van der Waals surface area contributed by atoms with Gasteiger partial charge in [-0.3, -0.25) is 9.36 Å². The Balaban J connectivity index is 1.28. The van der Waals surface area contributed by atoms with Crippen LogP contribution in [0.2, 0.25) is 0 Å². The van der Waals surface area contributed by atoms with Gasteiger partial charge in [0.15, 0.2) is 5.82 Å². The first-order chi connectivity index (χ1) is 17.6. The third kappa shape index (κ3) is 4.89. The van der Waals surface area contributed by atoms with E-state index in [1.807, 2.05) is 55.5 Å². The van der Waals surface area contributed by atoms with Crippen molar-refractivity contribution in [2.45, 2.75) is 45.6 Å². The van der Waals surface area contributed by atoms with Gasteiger partial charge in [-0.2, -0.15) is 5.10 Å². The molecule has 0 amide bonds. The molecule has 0 unspecified atom stereocenters. The van der Waals surface area contributed by atoms with Crippen LogP contribution >= 0.6 is 0 Å². The Hall–Kier alpha value is -4.32. The van der Waals surface area contributed by atoms with Crippen LogP contribution in [0.5, 0.6) is 0 Å². The highest BCUT2D eigenvalue weighted by molar-refractivity contribution is 5.81. The highest BCUT2D eigenvalue weighted by atomic mass is 16.2. The minimum absolute atomic E-state index is 0.176. The van der Waals surface area contributed by atoms with Crippen LogP contribution in [0.25, 0.3) is 22.5 Å². The zero-order valence-corrected chi connectivity index (χ0v) is 20.1. The van der Waals surface area contributed by atoms with Gasteiger partial charge < -0.3 is 0 Å². The van der Waals surface area contributed by atoms with Crippen molar-refractivity contribution in [1.82, 2.24) is 35.0 Å². The number of nitrogens with zero attached hydrogens (tertiary/aromatic N) is 6. The van der Waals surface area contributed by atoms with E-state index in [1.165, 1.54) is 10.9 Å². The van der Waals surface area contributed by atoms with Gasteiger partial charge in [-0.25, -0.2) is 9.89 Å². The summed E-state index contributed by atoms with van der Waals surface area (Å²) in [7, 11) is 0. The summed E-state index contributed by atoms with van der Waals surface area (Å²) in [4.78, 5) is 25.9. The van der Waals surface area contributed by atoms with Crippen LogP contribution < -0.4 is 5.69 Å². The molecule has 9 heteroatoms. The van der Waals surface area contributed by atoms with E-state index in [1.54, 1.807) is 0 Å². The summed E-state index contributed by atoms with van der Waals surface area (Å²) in [6.45, 7) is 2.37. The lowest BCUT2D eigenvalue weighted by Crippen LogP contribution is -2.35. The highest BCUT2D eigenvalue weighted by Crippen LogP contribution is 2.30. The molecule has 182 valence electrons. The molecule has 1 aliphatic carbocycles. The fraction of sp³-hybridized carbons (Fsp3) is 0.333. The first-order valence-electron chi connectivity index (χ1n) is 12.2. The number of carbonyl (C=O) groups is 1. The normalized spacial score (nSPS) is 17.4. The Morgan fingerprint density at radius 2 is 1.81 bits per heavy atom. The Bertz CT molecular complexity index is 1450. The summed E-state index contributed by atoms with van der Waals surface area (Å²) in [5.41, 5.74) is 3.43. The second kappa shape index (κ2) is 10.5. The molecule has 1 N–H and O–H groups in total. The standard InChI is InChI=1S/C27H27N7O2/c1-2-3-6-19-9-15-22(16-10-19)26(35)34-27(36)33(18-28-34)17-20-11-13-21(14-12-20)23-7-4-5-8-24(23)25-29-31-32-30-25/h4-5,7-8,11-14,18-19,22H,2,9-10,15-17H2,1H3,(H,29,30,31,32). The smallest absolute Gasteiger partial charge is 0.277 e. The van der Waals surface area contributed by atoms with Gasteiger partial charge in [0.25, 0.3) is 5.91 Å². The molecule has 36 heavy (non-hydrogen) atoms. The lowest BCUT2D eigenvalue weighted by atomic mass is 9.82. The Kier molecular flexibility index (Phi) is 6.85. The maximum absolute atomic E-state index is 13.0. The average molecular weight is 482 g/mol. The lowest BCUT2D eigenvalue weighted by molar-refractivity contribution is 0.0770. The van der Waals surface area contributed by atoms with E-state index >= 15 is 0 Å². The van der Waals surface area contributed by atoms with Gasteiger partial charge in [-0.15, -0.1) is 15.7 Å². The number of benzene rings is 2. The zero-order chi connectivity index (χ0) is 24.9. The van der Waals surface area contributed by atoms with Crippen molar-refractivity contribution in [3.05, 3.63) is 70.9 Å². The molecule has 2 aromatic carbocycles. The number of rotatable bonds is 5. The molecular formula is C27H27N7O2. The van der Waals surface area contributed by atoms with Crippen LogP contribution in [0.15, 0.2) is 59.7 Å². The monoisotopic (exact) mass is 481 g/mol. The molecule has 0 aliphatic heterocycles. The van der Waals surface area contributed by atoms with Gasteiger partial charge in [-0.05, 0) is 52.8 Å². The SMILES string of the molecule is CCC#CC1CCC(C(=O)n2ncn(Cc3ccc(-c4ccccc4-c4nnn[nH]4)cc3)c2=O)CC1. The van der Waals surface area contributed by atoms with Gasteiger partial charge in [0.05, 0.1) is 6.54 Å². The van der Waals surface area contributed by atoms with E-state index in [9.17, 15) is 9.59 Å². The van der Waals surface area contributed by atoms with E-state index in [2.05, 4.69) is 37.6 Å². The molecular weight excluding hydrogens is 454 g/mol. The van der Waals surface area contributed by atoms with E-state index in [4.69, 9.17) is 0 Å². The largest absolute Gasteiger partial charge is 0.353 e. The summed E-state index contributed by atoms with van der Waals surface area (Å²) in [6, 6.07) is 15.8. The summed E-state index contributed by atoms with van der Waals surface area (Å²) in [6.07, 6.45) is 5.56. The second-order valence-electron chi connectivity index (χ2n) is 9.01. The van der Waals surface area contributed by atoms with Crippen molar-refractivity contribution in [3.63, 3.8) is 0 Å². The van der Waals surface area contributed by atoms with E-state index in [-0.39, 0.29) is 11.8 Å². The van der Waals surface area contributed by atoms with Crippen molar-refractivity contribution in [1.29, 1.82) is 0 Å². The summed E-state index contributed by atoms with van der Waals surface area (Å²) in [5, 5.41) is 18.3. The second-order valence-corrected chi connectivity index (χ2v) is 9.01. The number of carbonyl (C=O) groups excluding carboxylic acids is 1. The van der Waals surface area contributed by atoms with Crippen molar-refractivity contribution < 1.29 is 4.79 Å². The van der Waals surface area contributed by atoms with Crippen molar-refractivity contribution >= 4 is 5.91 Å². The fourth-order valence-corrected chi connectivity index (χ4v) is 4.70. The van der Waals surface area contributed by atoms with Gasteiger partial charge in [-0.1, -0.05) is 61.4 Å². The third-order valence-corrected chi connectivity index (χ3v) is 6.65. The number of H-pyrrole nitrogens is 1. The number of hydrogen-bond donors (Lipinski definition) is 1. The fourth-order valence-electron chi connectivity index (χ4n) is 4.70. The van der Waals surface area contributed by atoms with E-state index in [0.717, 1.165) is 59.0 Å². The summed E-state index contributed by atoms with van der Waals surface area (Å²) in [5.74, 6) is 6.97. The molecule has 0 radical (unpaired) electrons.